The molecule has 3 aromatic rings. The number of carbonyl (C=O) groups excluding carboxylic acids is 2. The molecular weight excluding hydrogens is 506 g/mol. The van der Waals surface area contributed by atoms with Crippen molar-refractivity contribution in [2.24, 2.45) is 7.05 Å². The van der Waals surface area contributed by atoms with E-state index in [0.717, 1.165) is 5.56 Å². The van der Waals surface area contributed by atoms with Gasteiger partial charge >= 0.3 is 0 Å². The molecular formula is C26H27N7O4S. The number of ketones is 1. The fourth-order valence-electron chi connectivity index (χ4n) is 4.81. The molecule has 1 saturated carbocycles. The van der Waals surface area contributed by atoms with E-state index in [1.54, 1.807) is 24.1 Å². The highest BCUT2D eigenvalue weighted by Gasteiger charge is 2.56. The number of Topliss-reactive ketones (excluding diaryl/α,β-unsaturated/α-hetero) is 1. The second-order valence-corrected chi connectivity index (χ2v) is 11.9. The number of fused-ring (bicyclic) bond motifs is 1. The van der Waals surface area contributed by atoms with E-state index in [9.17, 15) is 18.0 Å². The molecule has 5 rings (SSSR count). The molecule has 196 valence electrons. The van der Waals surface area contributed by atoms with Crippen LogP contribution in [0.1, 0.15) is 62.6 Å². The lowest BCUT2D eigenvalue weighted by atomic mass is 9.98. The molecule has 1 aliphatic heterocycles. The summed E-state index contributed by atoms with van der Waals surface area (Å²) in [5, 5.41) is 13.3. The van der Waals surface area contributed by atoms with Crippen LogP contribution in [0, 0.1) is 11.3 Å². The molecule has 1 aromatic carbocycles. The van der Waals surface area contributed by atoms with Crippen molar-refractivity contribution in [3.8, 4) is 6.07 Å². The predicted molar refractivity (Wildman–Crippen MR) is 136 cm³/mol. The summed E-state index contributed by atoms with van der Waals surface area (Å²) in [5.41, 5.74) is 3.25. The lowest BCUT2D eigenvalue weighted by Crippen LogP contribution is -2.48. The molecule has 0 atom stereocenters. The Bertz CT molecular complexity index is 1520. The van der Waals surface area contributed by atoms with Gasteiger partial charge in [-0.3, -0.25) is 24.2 Å². The molecule has 2 aromatic heterocycles. The van der Waals surface area contributed by atoms with Crippen LogP contribution in [0.4, 0.5) is 0 Å². The Kier molecular flexibility index (Phi) is 6.81. The third-order valence-corrected chi connectivity index (χ3v) is 9.37. The number of carbonyl (C=O) groups is 2. The summed E-state index contributed by atoms with van der Waals surface area (Å²) in [6.07, 6.45) is 6.60. The maximum atomic E-state index is 13.4. The van der Waals surface area contributed by atoms with Crippen LogP contribution < -0.4 is 4.72 Å². The van der Waals surface area contributed by atoms with Crippen LogP contribution in [0.25, 0.3) is 0 Å². The molecule has 1 amide bonds. The summed E-state index contributed by atoms with van der Waals surface area (Å²) in [5.74, 6) is -0.468. The number of amides is 1. The zero-order valence-corrected chi connectivity index (χ0v) is 21.7. The first-order chi connectivity index (χ1) is 18.2. The number of nitrogens with zero attached hydrogens (tertiary/aromatic N) is 6. The SMILES string of the molecule is Cn1nc(C(=O)CCc2ccc(C#N)cc2)c2c1C(=O)N(CC1(S(=O)(=O)NCc3cnccn3)CC1)CC2. The van der Waals surface area contributed by atoms with Crippen molar-refractivity contribution < 1.29 is 18.0 Å². The fraction of sp³-hybridized carbons (Fsp3) is 0.385. The first kappa shape index (κ1) is 25.7. The lowest BCUT2D eigenvalue weighted by Gasteiger charge is -2.31. The second kappa shape index (κ2) is 10.1. The predicted octanol–water partition coefficient (Wildman–Crippen LogP) is 1.55. The maximum Gasteiger partial charge on any atom is 0.272 e. The Labute approximate surface area is 220 Å². The van der Waals surface area contributed by atoms with Gasteiger partial charge in [0.05, 0.1) is 23.9 Å². The van der Waals surface area contributed by atoms with E-state index in [1.165, 1.54) is 23.3 Å². The summed E-state index contributed by atoms with van der Waals surface area (Å²) >= 11 is 0. The average Bonchev–Trinajstić information content (AvgIpc) is 3.65. The molecule has 1 N–H and O–H groups in total. The summed E-state index contributed by atoms with van der Waals surface area (Å²) < 4.78 is 29.3. The van der Waals surface area contributed by atoms with Gasteiger partial charge in [-0.2, -0.15) is 10.4 Å². The minimum atomic E-state index is -3.71. The van der Waals surface area contributed by atoms with Crippen molar-refractivity contribution in [3.63, 3.8) is 0 Å². The molecule has 0 bridgehead atoms. The molecule has 2 aliphatic rings. The van der Waals surface area contributed by atoms with Gasteiger partial charge in [0.2, 0.25) is 10.0 Å². The molecule has 0 spiro atoms. The number of nitrogens with one attached hydrogen (secondary N) is 1. The van der Waals surface area contributed by atoms with Gasteiger partial charge in [-0.1, -0.05) is 12.1 Å². The van der Waals surface area contributed by atoms with E-state index >= 15 is 0 Å². The van der Waals surface area contributed by atoms with Crippen LogP contribution in [0.5, 0.6) is 0 Å². The zero-order valence-electron chi connectivity index (χ0n) is 20.9. The molecule has 12 heteroatoms. The maximum absolute atomic E-state index is 13.4. The number of rotatable bonds is 10. The number of hydrogen-bond donors (Lipinski definition) is 1. The molecule has 0 unspecified atom stereocenters. The first-order valence-electron chi connectivity index (χ1n) is 12.3. The zero-order chi connectivity index (χ0) is 26.9. The van der Waals surface area contributed by atoms with Gasteiger partial charge in [0.1, 0.15) is 16.1 Å². The van der Waals surface area contributed by atoms with Crippen molar-refractivity contribution in [1.82, 2.24) is 29.4 Å². The number of benzene rings is 1. The van der Waals surface area contributed by atoms with Gasteiger partial charge in [0.15, 0.2) is 5.78 Å². The van der Waals surface area contributed by atoms with Crippen molar-refractivity contribution in [2.75, 3.05) is 13.1 Å². The first-order valence-corrected chi connectivity index (χ1v) is 13.8. The average molecular weight is 534 g/mol. The number of aromatic nitrogens is 4. The molecule has 0 saturated heterocycles. The minimum absolute atomic E-state index is 0.0334. The van der Waals surface area contributed by atoms with Gasteiger partial charge in [-0.05, 0) is 43.4 Å². The smallest absolute Gasteiger partial charge is 0.272 e. The van der Waals surface area contributed by atoms with Gasteiger partial charge in [0.25, 0.3) is 5.91 Å². The second-order valence-electron chi connectivity index (χ2n) is 9.71. The highest BCUT2D eigenvalue weighted by atomic mass is 32.2. The number of nitriles is 1. The lowest BCUT2D eigenvalue weighted by molar-refractivity contribution is 0.0724. The van der Waals surface area contributed by atoms with Crippen LogP contribution in [0.3, 0.4) is 0 Å². The van der Waals surface area contributed by atoms with Gasteiger partial charge in [-0.25, -0.2) is 13.1 Å². The van der Waals surface area contributed by atoms with E-state index in [2.05, 4.69) is 25.9 Å². The minimum Gasteiger partial charge on any atom is -0.335 e. The fourth-order valence-corrected chi connectivity index (χ4v) is 6.42. The third kappa shape index (κ3) is 4.94. The Balaban J connectivity index is 1.26. The Hall–Kier alpha value is -3.95. The number of sulfonamides is 1. The van der Waals surface area contributed by atoms with Crippen LogP contribution in [0.2, 0.25) is 0 Å². The van der Waals surface area contributed by atoms with Gasteiger partial charge < -0.3 is 4.90 Å². The largest absolute Gasteiger partial charge is 0.335 e. The standard InChI is InChI=1S/C26H27N7O4S/c1-32-24-21(23(31-32)22(34)7-6-18-2-4-19(14-27)5-3-18)8-13-33(25(24)35)17-26(9-10-26)38(36,37)30-16-20-15-28-11-12-29-20/h2-5,11-12,15,30H,6-10,13,16-17H2,1H3. The topological polar surface area (TPSA) is 151 Å². The monoisotopic (exact) mass is 533 g/mol. The summed E-state index contributed by atoms with van der Waals surface area (Å²) in [6.45, 7) is 0.425. The van der Waals surface area contributed by atoms with Crippen molar-refractivity contribution in [1.29, 1.82) is 5.26 Å². The Morgan fingerprint density at radius 3 is 2.63 bits per heavy atom. The van der Waals surface area contributed by atoms with Crippen molar-refractivity contribution in [3.05, 3.63) is 76.6 Å². The number of hydrogen-bond acceptors (Lipinski definition) is 8. The molecule has 1 fully saturated rings. The normalized spacial score (nSPS) is 16.1. The third-order valence-electron chi connectivity index (χ3n) is 7.17. The summed E-state index contributed by atoms with van der Waals surface area (Å²) in [6, 6.07) is 9.15. The number of aryl methyl sites for hydroxylation is 2. The summed E-state index contributed by atoms with van der Waals surface area (Å²) in [7, 11) is -2.08. The van der Waals surface area contributed by atoms with E-state index in [-0.39, 0.29) is 31.2 Å². The van der Waals surface area contributed by atoms with Crippen molar-refractivity contribution >= 4 is 21.7 Å². The van der Waals surface area contributed by atoms with E-state index in [4.69, 9.17) is 5.26 Å². The molecule has 11 nitrogen and oxygen atoms in total. The molecule has 0 radical (unpaired) electrons. The summed E-state index contributed by atoms with van der Waals surface area (Å²) in [4.78, 5) is 36.1. The Morgan fingerprint density at radius 1 is 1.21 bits per heavy atom. The Morgan fingerprint density at radius 2 is 1.97 bits per heavy atom. The highest BCUT2D eigenvalue weighted by Crippen LogP contribution is 2.44. The molecule has 38 heavy (non-hydrogen) atoms. The molecule has 1 aliphatic carbocycles. The van der Waals surface area contributed by atoms with Crippen LogP contribution in [-0.4, -0.2) is 62.6 Å². The van der Waals surface area contributed by atoms with Gasteiger partial charge in [-0.15, -0.1) is 0 Å². The molecule has 3 heterocycles. The van der Waals surface area contributed by atoms with Crippen LogP contribution >= 0.6 is 0 Å². The van der Waals surface area contributed by atoms with E-state index < -0.39 is 14.8 Å². The van der Waals surface area contributed by atoms with E-state index in [0.29, 0.717) is 60.4 Å². The highest BCUT2D eigenvalue weighted by molar-refractivity contribution is 7.91. The van der Waals surface area contributed by atoms with E-state index in [1.807, 2.05) is 12.1 Å². The van der Waals surface area contributed by atoms with Crippen molar-refractivity contribution in [2.45, 2.75) is 43.4 Å². The van der Waals surface area contributed by atoms with Gasteiger partial charge in [0, 0.05) is 50.7 Å². The van der Waals surface area contributed by atoms with Crippen LogP contribution in [0.15, 0.2) is 42.9 Å². The van der Waals surface area contributed by atoms with Crippen LogP contribution in [-0.2, 0) is 36.5 Å². The quantitative estimate of drug-likeness (QED) is 0.386.